The van der Waals surface area contributed by atoms with E-state index in [0.29, 0.717) is 16.3 Å². The van der Waals surface area contributed by atoms with Gasteiger partial charge in [0.05, 0.1) is 17.6 Å². The maximum absolute atomic E-state index is 12.1. The summed E-state index contributed by atoms with van der Waals surface area (Å²) in [5.41, 5.74) is 2.85. The summed E-state index contributed by atoms with van der Waals surface area (Å²) in [6, 6.07) is 8.60. The van der Waals surface area contributed by atoms with Gasteiger partial charge in [-0.05, 0) is 37.3 Å². The molecule has 0 saturated carbocycles. The number of aromatic nitrogens is 3. The summed E-state index contributed by atoms with van der Waals surface area (Å²) in [6.07, 6.45) is 1.62. The number of benzene rings is 1. The van der Waals surface area contributed by atoms with Gasteiger partial charge in [-0.25, -0.2) is 4.98 Å². The Bertz CT molecular complexity index is 824. The van der Waals surface area contributed by atoms with Crippen molar-refractivity contribution in [3.05, 3.63) is 52.8 Å². The van der Waals surface area contributed by atoms with Crippen LogP contribution in [0.15, 0.2) is 36.5 Å². The fourth-order valence-corrected chi connectivity index (χ4v) is 2.31. The number of carbonyl (C=O) groups excluding carboxylic acids is 1. The Morgan fingerprint density at radius 2 is 2.00 bits per heavy atom. The van der Waals surface area contributed by atoms with Crippen LogP contribution in [-0.4, -0.2) is 20.7 Å². The molecule has 0 unspecified atom stereocenters. The van der Waals surface area contributed by atoms with Crippen LogP contribution in [0.5, 0.6) is 0 Å². The molecule has 0 aliphatic heterocycles. The van der Waals surface area contributed by atoms with Gasteiger partial charge in [0.1, 0.15) is 0 Å². The van der Waals surface area contributed by atoms with Crippen molar-refractivity contribution in [1.29, 1.82) is 0 Å². The lowest BCUT2D eigenvalue weighted by molar-refractivity contribution is 0.102. The third-order valence-corrected chi connectivity index (χ3v) is 3.48. The first-order valence-electron chi connectivity index (χ1n) is 6.41. The molecule has 0 atom stereocenters. The van der Waals surface area contributed by atoms with Crippen LogP contribution in [0, 0.1) is 6.92 Å². The molecule has 1 amide bonds. The van der Waals surface area contributed by atoms with Crippen LogP contribution in [0.1, 0.15) is 16.1 Å². The fourth-order valence-electron chi connectivity index (χ4n) is 2.18. The highest BCUT2D eigenvalue weighted by Gasteiger charge is 2.10. The molecule has 1 aromatic carbocycles. The van der Waals surface area contributed by atoms with Crippen molar-refractivity contribution < 1.29 is 4.79 Å². The molecule has 0 bridgehead atoms. The van der Waals surface area contributed by atoms with Crippen molar-refractivity contribution in [2.24, 2.45) is 7.05 Å². The average molecular weight is 301 g/mol. The van der Waals surface area contributed by atoms with Gasteiger partial charge in [0.25, 0.3) is 5.91 Å². The average Bonchev–Trinajstić information content (AvgIpc) is 2.74. The summed E-state index contributed by atoms with van der Waals surface area (Å²) < 4.78 is 1.72. The molecule has 3 aromatic rings. The first kappa shape index (κ1) is 13.6. The first-order valence-corrected chi connectivity index (χ1v) is 6.78. The van der Waals surface area contributed by atoms with Crippen LogP contribution in [0.2, 0.25) is 5.02 Å². The molecule has 106 valence electrons. The predicted octanol–water partition coefficient (Wildman–Crippen LogP) is 3.18. The number of hydrogen-bond acceptors (Lipinski definition) is 3. The lowest BCUT2D eigenvalue weighted by Crippen LogP contribution is -2.11. The Morgan fingerprint density at radius 3 is 2.71 bits per heavy atom. The van der Waals surface area contributed by atoms with Gasteiger partial charge >= 0.3 is 0 Å². The van der Waals surface area contributed by atoms with E-state index < -0.39 is 0 Å². The van der Waals surface area contributed by atoms with E-state index in [9.17, 15) is 4.79 Å². The third kappa shape index (κ3) is 2.60. The summed E-state index contributed by atoms with van der Waals surface area (Å²) in [6.45, 7) is 1.91. The summed E-state index contributed by atoms with van der Waals surface area (Å²) in [4.78, 5) is 16.5. The number of halogens is 1. The number of amides is 1. The van der Waals surface area contributed by atoms with Crippen LogP contribution in [0.4, 0.5) is 5.69 Å². The number of nitrogens with one attached hydrogen (secondary N) is 1. The van der Waals surface area contributed by atoms with Gasteiger partial charge in [-0.1, -0.05) is 11.6 Å². The summed E-state index contributed by atoms with van der Waals surface area (Å²) in [5, 5.41) is 8.65. The molecule has 0 fully saturated rings. The first-order chi connectivity index (χ1) is 10.0. The van der Waals surface area contributed by atoms with Gasteiger partial charge in [-0.15, -0.1) is 0 Å². The predicted molar refractivity (Wildman–Crippen MR) is 82.7 cm³/mol. The van der Waals surface area contributed by atoms with Crippen molar-refractivity contribution in [1.82, 2.24) is 14.8 Å². The van der Waals surface area contributed by atoms with Gasteiger partial charge in [0.2, 0.25) is 0 Å². The molecule has 3 rings (SSSR count). The van der Waals surface area contributed by atoms with Crippen LogP contribution >= 0.6 is 11.6 Å². The lowest BCUT2D eigenvalue weighted by atomic mass is 10.2. The second kappa shape index (κ2) is 5.18. The molecule has 0 aliphatic rings. The number of nitrogens with zero attached hydrogens (tertiary/aromatic N) is 3. The Hall–Kier alpha value is -2.40. The van der Waals surface area contributed by atoms with Gasteiger partial charge < -0.3 is 5.32 Å². The molecular formula is C15H13ClN4O. The Balaban J connectivity index is 1.89. The normalized spacial score (nSPS) is 10.8. The van der Waals surface area contributed by atoms with E-state index in [4.69, 9.17) is 11.6 Å². The Labute approximate surface area is 126 Å². The molecule has 2 heterocycles. The number of aryl methyl sites for hydroxylation is 2. The summed E-state index contributed by atoms with van der Waals surface area (Å²) >= 11 is 5.81. The van der Waals surface area contributed by atoms with Crippen LogP contribution < -0.4 is 5.32 Å². The second-order valence-corrected chi connectivity index (χ2v) is 5.20. The van der Waals surface area contributed by atoms with Crippen LogP contribution in [-0.2, 0) is 7.05 Å². The Morgan fingerprint density at radius 1 is 1.29 bits per heavy atom. The van der Waals surface area contributed by atoms with Crippen molar-refractivity contribution in [3.8, 4) is 0 Å². The molecule has 21 heavy (non-hydrogen) atoms. The zero-order valence-electron chi connectivity index (χ0n) is 11.6. The van der Waals surface area contributed by atoms with Gasteiger partial charge in [-0.2, -0.15) is 5.10 Å². The number of rotatable bonds is 2. The zero-order chi connectivity index (χ0) is 15.0. The fraction of sp³-hybridized carbons (Fsp3) is 0.133. The van der Waals surface area contributed by atoms with Gasteiger partial charge in [0, 0.05) is 23.0 Å². The number of anilines is 1. The second-order valence-electron chi connectivity index (χ2n) is 4.77. The van der Waals surface area contributed by atoms with E-state index >= 15 is 0 Å². The van der Waals surface area contributed by atoms with Crippen LogP contribution in [0.3, 0.4) is 0 Å². The highest BCUT2D eigenvalue weighted by molar-refractivity contribution is 6.30. The maximum Gasteiger partial charge on any atom is 0.255 e. The molecule has 2 aromatic heterocycles. The highest BCUT2D eigenvalue weighted by atomic mass is 35.5. The Kier molecular flexibility index (Phi) is 3.35. The number of fused-ring (bicyclic) bond motifs is 1. The molecule has 6 heteroatoms. The summed E-state index contributed by atoms with van der Waals surface area (Å²) in [7, 11) is 1.84. The molecule has 0 spiro atoms. The van der Waals surface area contributed by atoms with Crippen molar-refractivity contribution in [2.75, 3.05) is 5.32 Å². The number of hydrogen-bond donors (Lipinski definition) is 1. The quantitative estimate of drug-likeness (QED) is 0.790. The van der Waals surface area contributed by atoms with Crippen molar-refractivity contribution >= 4 is 34.2 Å². The molecular weight excluding hydrogens is 288 g/mol. The third-order valence-electron chi connectivity index (χ3n) is 3.23. The molecule has 0 saturated heterocycles. The molecule has 5 nitrogen and oxygen atoms in total. The minimum absolute atomic E-state index is 0.200. The monoisotopic (exact) mass is 300 g/mol. The molecule has 1 N–H and O–H groups in total. The largest absolute Gasteiger partial charge is 0.321 e. The van der Waals surface area contributed by atoms with E-state index in [1.165, 1.54) is 0 Å². The number of carbonyl (C=O) groups is 1. The SMILES string of the molecule is Cc1nn(C)c2ncc(NC(=O)c3ccc(Cl)cc3)cc12. The minimum atomic E-state index is -0.200. The van der Waals surface area contributed by atoms with Crippen LogP contribution in [0.25, 0.3) is 11.0 Å². The van der Waals surface area contributed by atoms with Crippen molar-refractivity contribution in [2.45, 2.75) is 6.92 Å². The zero-order valence-corrected chi connectivity index (χ0v) is 12.3. The maximum atomic E-state index is 12.1. The molecule has 0 aliphatic carbocycles. The highest BCUT2D eigenvalue weighted by Crippen LogP contribution is 2.20. The summed E-state index contributed by atoms with van der Waals surface area (Å²) in [5.74, 6) is -0.200. The van der Waals surface area contributed by atoms with Gasteiger partial charge in [-0.3, -0.25) is 9.48 Å². The van der Waals surface area contributed by atoms with E-state index in [-0.39, 0.29) is 5.91 Å². The van der Waals surface area contributed by atoms with Gasteiger partial charge in [0.15, 0.2) is 5.65 Å². The number of pyridine rings is 1. The topological polar surface area (TPSA) is 59.8 Å². The standard InChI is InChI=1S/C15H13ClN4O/c1-9-13-7-12(8-17-14(13)20(2)19-9)18-15(21)10-3-5-11(16)6-4-10/h3-8H,1-2H3,(H,18,21). The van der Waals surface area contributed by atoms with E-state index in [1.54, 1.807) is 35.1 Å². The lowest BCUT2D eigenvalue weighted by Gasteiger charge is -2.05. The molecule has 0 radical (unpaired) electrons. The van der Waals surface area contributed by atoms with E-state index in [0.717, 1.165) is 16.7 Å². The van der Waals surface area contributed by atoms with Crippen molar-refractivity contribution in [3.63, 3.8) is 0 Å². The minimum Gasteiger partial charge on any atom is -0.321 e. The van der Waals surface area contributed by atoms with E-state index in [1.807, 2.05) is 20.0 Å². The smallest absolute Gasteiger partial charge is 0.255 e. The van der Waals surface area contributed by atoms with E-state index in [2.05, 4.69) is 15.4 Å².